The molecule has 19 heavy (non-hydrogen) atoms. The van der Waals surface area contributed by atoms with Crippen LogP contribution in [0.5, 0.6) is 0 Å². The number of amides is 1. The lowest BCUT2D eigenvalue weighted by molar-refractivity contribution is -0.121. The second-order valence-corrected chi connectivity index (χ2v) is 4.83. The van der Waals surface area contributed by atoms with Crippen LogP contribution >= 0.6 is 11.3 Å². The third-order valence-electron chi connectivity index (χ3n) is 2.32. The summed E-state index contributed by atoms with van der Waals surface area (Å²) in [6.07, 6.45) is 1.24. The highest BCUT2D eigenvalue weighted by Crippen LogP contribution is 2.13. The van der Waals surface area contributed by atoms with E-state index < -0.39 is 0 Å². The van der Waals surface area contributed by atoms with Crippen LogP contribution in [0, 0.1) is 11.8 Å². The maximum absolute atomic E-state index is 11.5. The summed E-state index contributed by atoms with van der Waals surface area (Å²) in [6.45, 7) is 3.65. The van der Waals surface area contributed by atoms with E-state index in [1.54, 1.807) is 11.3 Å². The van der Waals surface area contributed by atoms with Gasteiger partial charge in [-0.2, -0.15) is 0 Å². The summed E-state index contributed by atoms with van der Waals surface area (Å²) in [5, 5.41) is 13.4. The highest BCUT2D eigenvalue weighted by atomic mass is 32.1. The maximum Gasteiger partial charge on any atom is 0.220 e. The normalized spacial score (nSPS) is 9.79. The first-order chi connectivity index (χ1) is 9.26. The van der Waals surface area contributed by atoms with Gasteiger partial charge in [0.15, 0.2) is 0 Å². The minimum atomic E-state index is -0.137. The lowest BCUT2D eigenvalue weighted by atomic mass is 10.3. The minimum Gasteiger partial charge on any atom is -0.384 e. The molecule has 1 aromatic rings. The van der Waals surface area contributed by atoms with E-state index in [1.165, 1.54) is 0 Å². The number of rotatable bonds is 7. The Morgan fingerprint density at radius 3 is 3.16 bits per heavy atom. The molecule has 4 nitrogen and oxygen atoms in total. The quantitative estimate of drug-likeness (QED) is 0.588. The number of hydrogen-bond acceptors (Lipinski definition) is 4. The van der Waals surface area contributed by atoms with Crippen LogP contribution in [0.25, 0.3) is 0 Å². The summed E-state index contributed by atoms with van der Waals surface area (Å²) in [4.78, 5) is 12.6. The summed E-state index contributed by atoms with van der Waals surface area (Å²) >= 11 is 1.55. The molecule has 0 unspecified atom stereocenters. The molecule has 0 radical (unpaired) electrons. The third kappa shape index (κ3) is 6.97. The van der Waals surface area contributed by atoms with Crippen LogP contribution in [0.3, 0.4) is 0 Å². The van der Waals surface area contributed by atoms with Crippen molar-refractivity contribution in [3.05, 3.63) is 21.9 Å². The SMILES string of the molecule is CCOCCCC(=O)NCc1cc(C#CCO)cs1. The number of carbonyl (C=O) groups excluding carboxylic acids is 1. The van der Waals surface area contributed by atoms with Gasteiger partial charge in [-0.1, -0.05) is 11.8 Å². The lowest BCUT2D eigenvalue weighted by Crippen LogP contribution is -2.22. The van der Waals surface area contributed by atoms with Crippen molar-refractivity contribution in [1.29, 1.82) is 0 Å². The molecule has 0 spiro atoms. The molecule has 0 aliphatic heterocycles. The van der Waals surface area contributed by atoms with Crippen molar-refractivity contribution in [3.63, 3.8) is 0 Å². The number of ether oxygens (including phenoxy) is 1. The minimum absolute atomic E-state index is 0.0381. The van der Waals surface area contributed by atoms with Crippen molar-refractivity contribution in [3.8, 4) is 11.8 Å². The fourth-order valence-corrected chi connectivity index (χ4v) is 2.19. The Labute approximate surface area is 117 Å². The molecule has 0 saturated carbocycles. The Bertz CT molecular complexity index is 445. The van der Waals surface area contributed by atoms with Crippen molar-refractivity contribution in [1.82, 2.24) is 5.32 Å². The van der Waals surface area contributed by atoms with E-state index >= 15 is 0 Å². The van der Waals surface area contributed by atoms with Gasteiger partial charge in [0, 0.05) is 35.5 Å². The van der Waals surface area contributed by atoms with Gasteiger partial charge in [0.2, 0.25) is 5.91 Å². The lowest BCUT2D eigenvalue weighted by Gasteiger charge is -2.03. The molecule has 2 N–H and O–H groups in total. The van der Waals surface area contributed by atoms with E-state index in [1.807, 2.05) is 18.4 Å². The van der Waals surface area contributed by atoms with E-state index in [-0.39, 0.29) is 12.5 Å². The Balaban J connectivity index is 2.24. The number of aliphatic hydroxyl groups excluding tert-OH is 1. The second-order valence-electron chi connectivity index (χ2n) is 3.84. The number of carbonyl (C=O) groups is 1. The van der Waals surface area contributed by atoms with Crippen LogP contribution in [0.2, 0.25) is 0 Å². The Morgan fingerprint density at radius 1 is 1.58 bits per heavy atom. The van der Waals surface area contributed by atoms with E-state index in [2.05, 4.69) is 17.2 Å². The van der Waals surface area contributed by atoms with Gasteiger partial charge in [-0.25, -0.2) is 0 Å². The number of hydrogen-bond donors (Lipinski definition) is 2. The van der Waals surface area contributed by atoms with Crippen molar-refractivity contribution in [2.45, 2.75) is 26.3 Å². The van der Waals surface area contributed by atoms with Crippen LogP contribution in [-0.4, -0.2) is 30.8 Å². The molecule has 5 heteroatoms. The van der Waals surface area contributed by atoms with Gasteiger partial charge >= 0.3 is 0 Å². The summed E-state index contributed by atoms with van der Waals surface area (Å²) in [6, 6.07) is 1.92. The van der Waals surface area contributed by atoms with E-state index in [9.17, 15) is 4.79 Å². The first kappa shape index (κ1) is 15.7. The molecule has 1 heterocycles. The molecule has 1 rings (SSSR count). The monoisotopic (exact) mass is 281 g/mol. The van der Waals surface area contributed by atoms with Gasteiger partial charge in [-0.05, 0) is 19.4 Å². The third-order valence-corrected chi connectivity index (χ3v) is 3.26. The van der Waals surface area contributed by atoms with Gasteiger partial charge in [0.25, 0.3) is 0 Å². The molecule has 0 aromatic carbocycles. The fourth-order valence-electron chi connectivity index (χ4n) is 1.43. The molecule has 0 saturated heterocycles. The zero-order valence-corrected chi connectivity index (χ0v) is 11.9. The summed E-state index contributed by atoms with van der Waals surface area (Å²) in [5.74, 6) is 5.46. The maximum atomic E-state index is 11.5. The van der Waals surface area contributed by atoms with E-state index in [0.717, 1.165) is 16.9 Å². The fraction of sp³-hybridized carbons (Fsp3) is 0.500. The van der Waals surface area contributed by atoms with Crippen LogP contribution in [-0.2, 0) is 16.1 Å². The van der Waals surface area contributed by atoms with Gasteiger partial charge in [0.1, 0.15) is 6.61 Å². The van der Waals surface area contributed by atoms with Gasteiger partial charge in [-0.15, -0.1) is 11.3 Å². The van der Waals surface area contributed by atoms with Crippen LogP contribution in [0.15, 0.2) is 11.4 Å². The predicted molar refractivity (Wildman–Crippen MR) is 75.9 cm³/mol. The van der Waals surface area contributed by atoms with E-state index in [0.29, 0.717) is 26.2 Å². The number of aliphatic hydroxyl groups is 1. The largest absolute Gasteiger partial charge is 0.384 e. The average Bonchev–Trinajstić information content (AvgIpc) is 2.87. The molecule has 0 aliphatic rings. The second kappa shape index (κ2) is 9.56. The topological polar surface area (TPSA) is 58.6 Å². The first-order valence-electron chi connectivity index (χ1n) is 6.27. The van der Waals surface area contributed by atoms with Crippen LogP contribution in [0.4, 0.5) is 0 Å². The summed E-state index contributed by atoms with van der Waals surface area (Å²) in [5.41, 5.74) is 0.875. The van der Waals surface area contributed by atoms with Gasteiger partial charge in [0.05, 0.1) is 6.54 Å². The predicted octanol–water partition coefficient (Wildman–Crippen LogP) is 1.52. The van der Waals surface area contributed by atoms with Crippen LogP contribution in [0.1, 0.15) is 30.2 Å². The van der Waals surface area contributed by atoms with Crippen molar-refractivity contribution in [2.75, 3.05) is 19.8 Å². The zero-order valence-electron chi connectivity index (χ0n) is 11.1. The average molecular weight is 281 g/mol. The smallest absolute Gasteiger partial charge is 0.220 e. The summed E-state index contributed by atoms with van der Waals surface area (Å²) < 4.78 is 5.17. The molecular formula is C14H19NO3S. The Kier molecular flexibility index (Phi) is 7.91. The Hall–Kier alpha value is -1.35. The molecule has 0 fully saturated rings. The van der Waals surface area contributed by atoms with Gasteiger partial charge < -0.3 is 15.2 Å². The Morgan fingerprint density at radius 2 is 2.42 bits per heavy atom. The summed E-state index contributed by atoms with van der Waals surface area (Å²) in [7, 11) is 0. The van der Waals surface area contributed by atoms with Crippen molar-refractivity contribution in [2.24, 2.45) is 0 Å². The molecule has 104 valence electrons. The standard InChI is InChI=1S/C14H19NO3S/c1-2-18-8-4-6-14(17)15-10-13-9-12(11-19-13)5-3-7-16/h9,11,16H,2,4,6-8,10H2,1H3,(H,15,17). The molecular weight excluding hydrogens is 262 g/mol. The molecule has 0 bridgehead atoms. The number of nitrogens with one attached hydrogen (secondary N) is 1. The van der Waals surface area contributed by atoms with Gasteiger partial charge in [-0.3, -0.25) is 4.79 Å². The van der Waals surface area contributed by atoms with Crippen LogP contribution < -0.4 is 5.32 Å². The first-order valence-corrected chi connectivity index (χ1v) is 7.15. The van der Waals surface area contributed by atoms with Crippen molar-refractivity contribution < 1.29 is 14.6 Å². The number of thiophene rings is 1. The molecule has 0 atom stereocenters. The van der Waals surface area contributed by atoms with Crippen molar-refractivity contribution >= 4 is 17.2 Å². The molecule has 1 aromatic heterocycles. The highest BCUT2D eigenvalue weighted by molar-refractivity contribution is 7.10. The van der Waals surface area contributed by atoms with E-state index in [4.69, 9.17) is 9.84 Å². The zero-order chi connectivity index (χ0) is 13.9. The molecule has 0 aliphatic carbocycles. The highest BCUT2D eigenvalue weighted by Gasteiger charge is 2.03. The molecule has 1 amide bonds.